The lowest BCUT2D eigenvalue weighted by Crippen LogP contribution is -2.21. The van der Waals surface area contributed by atoms with Crippen LogP contribution in [0.25, 0.3) is 15.9 Å². The Kier molecular flexibility index (Phi) is 2.80. The van der Waals surface area contributed by atoms with E-state index in [1.165, 1.54) is 10.4 Å². The zero-order valence-corrected chi connectivity index (χ0v) is 12.1. The zero-order valence-electron chi connectivity index (χ0n) is 11.3. The van der Waals surface area contributed by atoms with Gasteiger partial charge >= 0.3 is 0 Å². The molecule has 21 heavy (non-hydrogen) atoms. The number of nitrogens with one attached hydrogen (secondary N) is 1. The van der Waals surface area contributed by atoms with Gasteiger partial charge in [-0.25, -0.2) is 5.84 Å². The molecule has 0 spiro atoms. The number of hydrogen-bond donors (Lipinski definition) is 2. The van der Waals surface area contributed by atoms with Crippen LogP contribution in [0.15, 0.2) is 35.1 Å². The second kappa shape index (κ2) is 4.68. The van der Waals surface area contributed by atoms with E-state index in [2.05, 4.69) is 10.4 Å². The number of hydrogen-bond acceptors (Lipinski definition) is 5. The smallest absolute Gasteiger partial charge is 0.283 e. The number of nitrogens with zero attached hydrogens (tertiary/aromatic N) is 2. The molecule has 0 fully saturated rings. The fourth-order valence-electron chi connectivity index (χ4n) is 2.98. The van der Waals surface area contributed by atoms with Crippen molar-refractivity contribution in [3.8, 4) is 5.69 Å². The minimum atomic E-state index is -0.190. The van der Waals surface area contributed by atoms with Crippen molar-refractivity contribution in [1.82, 2.24) is 9.55 Å². The maximum atomic E-state index is 12.3. The molecule has 0 amide bonds. The SMILES string of the molecule is NNc1nc(=O)c2c3c(sc2n1-c1ccccc1)CCC3. The van der Waals surface area contributed by atoms with Gasteiger partial charge < -0.3 is 0 Å². The van der Waals surface area contributed by atoms with Crippen molar-refractivity contribution in [3.05, 3.63) is 51.1 Å². The molecule has 0 aliphatic heterocycles. The Labute approximate surface area is 125 Å². The molecule has 2 heterocycles. The lowest BCUT2D eigenvalue weighted by molar-refractivity contribution is 0.915. The average molecular weight is 298 g/mol. The summed E-state index contributed by atoms with van der Waals surface area (Å²) in [6, 6.07) is 9.84. The number of benzene rings is 1. The second-order valence-corrected chi connectivity index (χ2v) is 6.18. The van der Waals surface area contributed by atoms with Crippen LogP contribution in [0, 0.1) is 0 Å². The van der Waals surface area contributed by atoms with Crippen molar-refractivity contribution in [2.24, 2.45) is 5.84 Å². The van der Waals surface area contributed by atoms with E-state index < -0.39 is 0 Å². The van der Waals surface area contributed by atoms with Gasteiger partial charge in [-0.15, -0.1) is 11.3 Å². The van der Waals surface area contributed by atoms with Crippen LogP contribution in [0.1, 0.15) is 16.9 Å². The summed E-state index contributed by atoms with van der Waals surface area (Å²) in [7, 11) is 0. The average Bonchev–Trinajstić information content (AvgIpc) is 3.08. The van der Waals surface area contributed by atoms with Crippen LogP contribution in [0.4, 0.5) is 5.95 Å². The molecule has 1 aliphatic carbocycles. The molecule has 3 N–H and O–H groups in total. The number of fused-ring (bicyclic) bond motifs is 3. The van der Waals surface area contributed by atoms with Crippen LogP contribution in [-0.2, 0) is 12.8 Å². The van der Waals surface area contributed by atoms with Gasteiger partial charge in [0.25, 0.3) is 5.56 Å². The Morgan fingerprint density at radius 1 is 1.24 bits per heavy atom. The van der Waals surface area contributed by atoms with E-state index in [4.69, 9.17) is 5.84 Å². The molecule has 0 bridgehead atoms. The van der Waals surface area contributed by atoms with E-state index in [0.29, 0.717) is 5.95 Å². The molecular formula is C15H14N4OS. The number of aromatic nitrogens is 2. The highest BCUT2D eigenvalue weighted by molar-refractivity contribution is 7.19. The maximum Gasteiger partial charge on any atom is 0.283 e. The number of aryl methyl sites for hydroxylation is 2. The van der Waals surface area contributed by atoms with Crippen molar-refractivity contribution < 1.29 is 0 Å². The molecule has 4 rings (SSSR count). The van der Waals surface area contributed by atoms with Gasteiger partial charge in [0, 0.05) is 10.6 Å². The Morgan fingerprint density at radius 2 is 2.05 bits per heavy atom. The summed E-state index contributed by atoms with van der Waals surface area (Å²) in [5.74, 6) is 5.95. The van der Waals surface area contributed by atoms with Gasteiger partial charge in [0.2, 0.25) is 5.95 Å². The van der Waals surface area contributed by atoms with Crippen molar-refractivity contribution in [3.63, 3.8) is 0 Å². The van der Waals surface area contributed by atoms with Crippen LogP contribution in [0.5, 0.6) is 0 Å². The molecule has 6 heteroatoms. The fourth-order valence-corrected chi connectivity index (χ4v) is 4.38. The highest BCUT2D eigenvalue weighted by atomic mass is 32.1. The van der Waals surface area contributed by atoms with Gasteiger partial charge in [-0.2, -0.15) is 4.98 Å². The first-order valence-electron chi connectivity index (χ1n) is 6.89. The van der Waals surface area contributed by atoms with Gasteiger partial charge in [-0.1, -0.05) is 18.2 Å². The van der Waals surface area contributed by atoms with Gasteiger partial charge in [-0.3, -0.25) is 14.8 Å². The highest BCUT2D eigenvalue weighted by Gasteiger charge is 2.23. The van der Waals surface area contributed by atoms with Gasteiger partial charge in [0.1, 0.15) is 4.83 Å². The molecule has 0 saturated heterocycles. The molecular weight excluding hydrogens is 284 g/mol. The standard InChI is InChI=1S/C15H14N4OS/c16-18-15-17-13(20)12-10-7-4-8-11(10)21-14(12)19(15)9-5-2-1-3-6-9/h1-3,5-6H,4,7-8,16H2,(H,17,18,20). The van der Waals surface area contributed by atoms with E-state index in [-0.39, 0.29) is 5.56 Å². The maximum absolute atomic E-state index is 12.3. The number of rotatable bonds is 2. The minimum Gasteiger partial charge on any atom is -0.293 e. The summed E-state index contributed by atoms with van der Waals surface area (Å²) in [5, 5.41) is 0.760. The Morgan fingerprint density at radius 3 is 2.81 bits per heavy atom. The summed E-state index contributed by atoms with van der Waals surface area (Å²) in [6.45, 7) is 0. The topological polar surface area (TPSA) is 72.9 Å². The number of hydrazine groups is 1. The first kappa shape index (κ1) is 12.6. The summed E-state index contributed by atoms with van der Waals surface area (Å²) in [5.41, 5.74) is 4.49. The van der Waals surface area contributed by atoms with Crippen molar-refractivity contribution in [1.29, 1.82) is 0 Å². The predicted octanol–water partition coefficient (Wildman–Crippen LogP) is 2.22. The predicted molar refractivity (Wildman–Crippen MR) is 85.1 cm³/mol. The Hall–Kier alpha value is -2.18. The molecule has 0 atom stereocenters. The number of nitrogens with two attached hydrogens (primary N) is 1. The van der Waals surface area contributed by atoms with E-state index in [9.17, 15) is 4.79 Å². The Balaban J connectivity index is 2.14. The van der Waals surface area contributed by atoms with Crippen molar-refractivity contribution in [2.45, 2.75) is 19.3 Å². The third-order valence-electron chi connectivity index (χ3n) is 3.88. The monoisotopic (exact) mass is 298 g/mol. The molecule has 0 unspecified atom stereocenters. The largest absolute Gasteiger partial charge is 0.293 e. The van der Waals surface area contributed by atoms with Crippen LogP contribution in [0.3, 0.4) is 0 Å². The van der Waals surface area contributed by atoms with E-state index >= 15 is 0 Å². The van der Waals surface area contributed by atoms with E-state index in [1.54, 1.807) is 11.3 Å². The summed E-state index contributed by atoms with van der Waals surface area (Å²) in [6.07, 6.45) is 3.14. The number of anilines is 1. The van der Waals surface area contributed by atoms with Crippen LogP contribution >= 0.6 is 11.3 Å². The van der Waals surface area contributed by atoms with Crippen LogP contribution < -0.4 is 16.8 Å². The summed E-state index contributed by atoms with van der Waals surface area (Å²) in [4.78, 5) is 18.7. The van der Waals surface area contributed by atoms with E-state index in [1.807, 2.05) is 34.9 Å². The normalized spacial score (nSPS) is 13.6. The number of thiophene rings is 1. The third-order valence-corrected chi connectivity index (χ3v) is 5.16. The van der Waals surface area contributed by atoms with Crippen LogP contribution in [-0.4, -0.2) is 9.55 Å². The third kappa shape index (κ3) is 1.80. The molecule has 106 valence electrons. The van der Waals surface area contributed by atoms with Gasteiger partial charge in [-0.05, 0) is 37.0 Å². The molecule has 0 saturated carbocycles. The van der Waals surface area contributed by atoms with Gasteiger partial charge in [0.15, 0.2) is 0 Å². The zero-order chi connectivity index (χ0) is 14.4. The Bertz CT molecular complexity index is 882. The lowest BCUT2D eigenvalue weighted by atomic mass is 10.2. The second-order valence-electron chi connectivity index (χ2n) is 5.09. The number of nitrogen functional groups attached to an aromatic ring is 1. The highest BCUT2D eigenvalue weighted by Crippen LogP contribution is 2.37. The molecule has 3 aromatic rings. The summed E-state index contributed by atoms with van der Waals surface area (Å²) >= 11 is 1.68. The first-order chi connectivity index (χ1) is 10.3. The number of para-hydroxylation sites is 1. The fraction of sp³-hybridized carbons (Fsp3) is 0.200. The van der Waals surface area contributed by atoms with Crippen LogP contribution in [0.2, 0.25) is 0 Å². The van der Waals surface area contributed by atoms with E-state index in [0.717, 1.165) is 35.2 Å². The first-order valence-corrected chi connectivity index (χ1v) is 7.70. The quantitative estimate of drug-likeness (QED) is 0.562. The lowest BCUT2D eigenvalue weighted by Gasteiger charge is -2.13. The molecule has 0 radical (unpaired) electrons. The van der Waals surface area contributed by atoms with Crippen molar-refractivity contribution in [2.75, 3.05) is 5.43 Å². The molecule has 1 aromatic carbocycles. The van der Waals surface area contributed by atoms with Crippen molar-refractivity contribution >= 4 is 27.5 Å². The summed E-state index contributed by atoms with van der Waals surface area (Å²) < 4.78 is 1.93. The molecule has 2 aromatic heterocycles. The minimum absolute atomic E-state index is 0.190. The molecule has 5 nitrogen and oxygen atoms in total. The van der Waals surface area contributed by atoms with Gasteiger partial charge in [0.05, 0.1) is 5.39 Å². The molecule has 1 aliphatic rings.